The second-order valence-electron chi connectivity index (χ2n) is 2.42. The minimum Gasteiger partial charge on any atom is -0.193 e. The van der Waals surface area contributed by atoms with E-state index in [-0.39, 0.29) is 0 Å². The van der Waals surface area contributed by atoms with E-state index < -0.39 is 0 Å². The highest BCUT2D eigenvalue weighted by molar-refractivity contribution is 9.15. The van der Waals surface area contributed by atoms with Gasteiger partial charge < -0.3 is 0 Å². The highest BCUT2D eigenvalue weighted by Gasteiger charge is 1.99. The molecule has 0 amide bonds. The molecular weight excluding hydrogens is 214 g/mol. The zero-order valence-corrected chi connectivity index (χ0v) is 8.30. The largest absolute Gasteiger partial charge is 0.193 e. The summed E-state index contributed by atoms with van der Waals surface area (Å²) >= 11 is 3.37. The van der Waals surface area contributed by atoms with Crippen molar-refractivity contribution in [2.45, 2.75) is 6.92 Å². The minimum absolute atomic E-state index is 0.696. The molecule has 0 aromatic heterocycles. The average molecular weight is 222 g/mol. The Morgan fingerprint density at radius 2 is 1.92 bits per heavy atom. The van der Waals surface area contributed by atoms with Crippen LogP contribution in [0.25, 0.3) is 4.48 Å². The molecule has 0 atom stereocenters. The number of rotatable bonds is 1. The van der Waals surface area contributed by atoms with Crippen LogP contribution in [-0.4, -0.2) is 0 Å². The molecule has 0 N–H and O–H groups in total. The Bertz CT molecular complexity index is 333. The number of allylic oxidation sites excluding steroid dienone is 1. The van der Waals surface area contributed by atoms with E-state index in [9.17, 15) is 0 Å². The molecule has 0 saturated heterocycles. The van der Waals surface area contributed by atoms with E-state index in [4.69, 9.17) is 5.26 Å². The quantitative estimate of drug-likeness (QED) is 0.668. The summed E-state index contributed by atoms with van der Waals surface area (Å²) in [4.78, 5) is 0. The highest BCUT2D eigenvalue weighted by atomic mass is 79.9. The molecule has 0 saturated carbocycles. The molecule has 12 heavy (non-hydrogen) atoms. The Balaban J connectivity index is 3.11. The Labute approximate surface area is 80.5 Å². The van der Waals surface area contributed by atoms with Crippen molar-refractivity contribution in [2.75, 3.05) is 0 Å². The smallest absolute Gasteiger partial charge is 0.0956 e. The van der Waals surface area contributed by atoms with Gasteiger partial charge in [-0.05, 0) is 28.4 Å². The summed E-state index contributed by atoms with van der Waals surface area (Å²) in [5.74, 6) is 0. The molecule has 0 heterocycles. The molecule has 0 spiro atoms. The van der Waals surface area contributed by atoms with E-state index in [1.54, 1.807) is 6.92 Å². The molecule has 0 aliphatic carbocycles. The third-order valence-electron chi connectivity index (χ3n) is 1.52. The Kier molecular flexibility index (Phi) is 3.07. The number of benzene rings is 1. The van der Waals surface area contributed by atoms with Gasteiger partial charge in [-0.3, -0.25) is 0 Å². The maximum absolute atomic E-state index is 8.63. The number of nitriles is 1. The van der Waals surface area contributed by atoms with E-state index in [0.29, 0.717) is 5.57 Å². The van der Waals surface area contributed by atoms with Gasteiger partial charge >= 0.3 is 0 Å². The SMILES string of the molecule is C/C(C#N)=C(/Br)c1ccccc1. The lowest BCUT2D eigenvalue weighted by Gasteiger charge is -1.98. The molecule has 60 valence electrons. The third-order valence-corrected chi connectivity index (χ3v) is 2.58. The van der Waals surface area contributed by atoms with Crippen LogP contribution in [-0.2, 0) is 0 Å². The first kappa shape index (κ1) is 9.02. The molecule has 0 fully saturated rings. The van der Waals surface area contributed by atoms with Gasteiger partial charge in [-0.2, -0.15) is 5.26 Å². The van der Waals surface area contributed by atoms with Crippen molar-refractivity contribution >= 4 is 20.4 Å². The molecule has 0 bridgehead atoms. The highest BCUT2D eigenvalue weighted by Crippen LogP contribution is 2.23. The van der Waals surface area contributed by atoms with Gasteiger partial charge in [-0.25, -0.2) is 0 Å². The van der Waals surface area contributed by atoms with Crippen LogP contribution in [0.15, 0.2) is 35.9 Å². The van der Waals surface area contributed by atoms with Crippen molar-refractivity contribution in [1.29, 1.82) is 5.26 Å². The zero-order valence-electron chi connectivity index (χ0n) is 6.71. The first-order chi connectivity index (χ1) is 5.75. The Morgan fingerprint density at radius 1 is 1.33 bits per heavy atom. The maximum Gasteiger partial charge on any atom is 0.0956 e. The van der Waals surface area contributed by atoms with Gasteiger partial charge in [0.15, 0.2) is 0 Å². The first-order valence-electron chi connectivity index (χ1n) is 3.57. The summed E-state index contributed by atoms with van der Waals surface area (Å²) in [6.07, 6.45) is 0. The fourth-order valence-corrected chi connectivity index (χ4v) is 1.20. The van der Waals surface area contributed by atoms with Crippen molar-refractivity contribution in [3.05, 3.63) is 41.5 Å². The molecule has 0 aliphatic rings. The van der Waals surface area contributed by atoms with Gasteiger partial charge in [0.25, 0.3) is 0 Å². The minimum atomic E-state index is 0.696. The van der Waals surface area contributed by atoms with Crippen LogP contribution in [0.5, 0.6) is 0 Å². The van der Waals surface area contributed by atoms with E-state index in [1.165, 1.54) is 0 Å². The summed E-state index contributed by atoms with van der Waals surface area (Å²) in [6, 6.07) is 11.9. The summed E-state index contributed by atoms with van der Waals surface area (Å²) in [6.45, 7) is 1.79. The summed E-state index contributed by atoms with van der Waals surface area (Å²) < 4.78 is 0.866. The molecule has 2 heteroatoms. The summed E-state index contributed by atoms with van der Waals surface area (Å²) in [5.41, 5.74) is 1.73. The van der Waals surface area contributed by atoms with Gasteiger partial charge in [-0.15, -0.1) is 0 Å². The molecular formula is C10H8BrN. The van der Waals surface area contributed by atoms with Gasteiger partial charge in [0, 0.05) is 10.1 Å². The topological polar surface area (TPSA) is 23.8 Å². The van der Waals surface area contributed by atoms with Crippen molar-refractivity contribution in [1.82, 2.24) is 0 Å². The van der Waals surface area contributed by atoms with Crippen LogP contribution < -0.4 is 0 Å². The van der Waals surface area contributed by atoms with Gasteiger partial charge in [0.05, 0.1) is 6.07 Å². The van der Waals surface area contributed by atoms with Crippen LogP contribution in [0.3, 0.4) is 0 Å². The predicted molar refractivity (Wildman–Crippen MR) is 53.6 cm³/mol. The lowest BCUT2D eigenvalue weighted by molar-refractivity contribution is 1.45. The molecule has 0 radical (unpaired) electrons. The van der Waals surface area contributed by atoms with E-state index in [0.717, 1.165) is 10.0 Å². The first-order valence-corrected chi connectivity index (χ1v) is 4.37. The van der Waals surface area contributed by atoms with Crippen LogP contribution in [0, 0.1) is 11.3 Å². The van der Waals surface area contributed by atoms with E-state index >= 15 is 0 Å². The van der Waals surface area contributed by atoms with Gasteiger partial charge in [0.1, 0.15) is 0 Å². The lowest BCUT2D eigenvalue weighted by atomic mass is 10.1. The standard InChI is InChI=1S/C10H8BrN/c1-8(7-12)10(11)9-5-3-2-4-6-9/h2-6H,1H3/b10-8-. The van der Waals surface area contributed by atoms with E-state index in [2.05, 4.69) is 22.0 Å². The monoisotopic (exact) mass is 221 g/mol. The Hall–Kier alpha value is -1.07. The van der Waals surface area contributed by atoms with Crippen molar-refractivity contribution in [2.24, 2.45) is 0 Å². The molecule has 0 unspecified atom stereocenters. The molecule has 0 aliphatic heterocycles. The second-order valence-corrected chi connectivity index (χ2v) is 3.21. The van der Waals surface area contributed by atoms with Crippen LogP contribution >= 0.6 is 15.9 Å². The number of nitrogens with zero attached hydrogens (tertiary/aromatic N) is 1. The van der Waals surface area contributed by atoms with Gasteiger partial charge in [0.2, 0.25) is 0 Å². The van der Waals surface area contributed by atoms with Crippen molar-refractivity contribution in [3.8, 4) is 6.07 Å². The normalized spacial score (nSPS) is 11.8. The van der Waals surface area contributed by atoms with Crippen molar-refractivity contribution < 1.29 is 0 Å². The van der Waals surface area contributed by atoms with Crippen LogP contribution in [0.1, 0.15) is 12.5 Å². The Morgan fingerprint density at radius 3 is 2.42 bits per heavy atom. The molecule has 1 aromatic carbocycles. The summed E-state index contributed by atoms with van der Waals surface area (Å²) in [5, 5.41) is 8.63. The number of halogens is 1. The lowest BCUT2D eigenvalue weighted by Crippen LogP contribution is -1.78. The third kappa shape index (κ3) is 1.96. The number of hydrogen-bond donors (Lipinski definition) is 0. The molecule has 1 aromatic rings. The van der Waals surface area contributed by atoms with Crippen molar-refractivity contribution in [3.63, 3.8) is 0 Å². The average Bonchev–Trinajstić information content (AvgIpc) is 2.17. The summed E-state index contributed by atoms with van der Waals surface area (Å²) in [7, 11) is 0. The molecule has 1 rings (SSSR count). The second kappa shape index (κ2) is 4.08. The molecule has 1 nitrogen and oxygen atoms in total. The van der Waals surface area contributed by atoms with Crippen LogP contribution in [0.4, 0.5) is 0 Å². The predicted octanol–water partition coefficient (Wildman–Crippen LogP) is 3.34. The number of hydrogen-bond acceptors (Lipinski definition) is 1. The fourth-order valence-electron chi connectivity index (χ4n) is 0.850. The van der Waals surface area contributed by atoms with E-state index in [1.807, 2.05) is 30.3 Å². The van der Waals surface area contributed by atoms with Crippen LogP contribution in [0.2, 0.25) is 0 Å². The fraction of sp³-hybridized carbons (Fsp3) is 0.100. The maximum atomic E-state index is 8.63. The zero-order chi connectivity index (χ0) is 8.97. The van der Waals surface area contributed by atoms with Gasteiger partial charge in [-0.1, -0.05) is 30.3 Å².